The number of carbonyl (C=O) groups excluding carboxylic acids is 2. The Morgan fingerprint density at radius 3 is 1.95 bits per heavy atom. The second-order valence-electron chi connectivity index (χ2n) is 6.94. The van der Waals surface area contributed by atoms with Crippen LogP contribution in [0, 0.1) is 0 Å². The lowest BCUT2D eigenvalue weighted by atomic mass is 9.78. The Labute approximate surface area is 120 Å². The maximum absolute atomic E-state index is 11.7. The average molecular weight is 280 g/mol. The largest absolute Gasteiger partial charge is 0.301 e. The molecule has 2 aliphatic rings. The zero-order valence-corrected chi connectivity index (χ0v) is 12.9. The van der Waals surface area contributed by atoms with Crippen LogP contribution >= 0.6 is 0 Å². The van der Waals surface area contributed by atoms with Crippen molar-refractivity contribution >= 4 is 11.6 Å². The standard InChI is InChI=1S/C15H24N2O3/c1-14(2)8-10(9-15(3,4)17(14)20-5)16-13-11(18)6-7-12(13)19/h6-7,10,13,16H,8-9H2,1-5H3. The number of rotatable bonds is 3. The number of hydrogen-bond acceptors (Lipinski definition) is 5. The van der Waals surface area contributed by atoms with Crippen molar-refractivity contribution in [3.63, 3.8) is 0 Å². The van der Waals surface area contributed by atoms with Crippen molar-refractivity contribution in [2.24, 2.45) is 0 Å². The van der Waals surface area contributed by atoms with E-state index in [1.165, 1.54) is 12.2 Å². The zero-order chi connectivity index (χ0) is 15.1. The fourth-order valence-corrected chi connectivity index (χ4v) is 3.77. The van der Waals surface area contributed by atoms with E-state index in [0.29, 0.717) is 0 Å². The number of ketones is 2. The Bertz CT molecular complexity index is 418. The fraction of sp³-hybridized carbons (Fsp3) is 0.733. The number of nitrogens with one attached hydrogen (secondary N) is 1. The van der Waals surface area contributed by atoms with Crippen LogP contribution in [0.4, 0.5) is 0 Å². The first kappa shape index (κ1) is 15.4. The molecule has 0 aromatic heterocycles. The third kappa shape index (κ3) is 2.71. The molecule has 20 heavy (non-hydrogen) atoms. The van der Waals surface area contributed by atoms with Gasteiger partial charge in [-0.05, 0) is 52.7 Å². The lowest BCUT2D eigenvalue weighted by molar-refractivity contribution is -0.267. The van der Waals surface area contributed by atoms with Crippen molar-refractivity contribution < 1.29 is 14.4 Å². The Kier molecular flexibility index (Phi) is 3.88. The maximum atomic E-state index is 11.7. The first-order valence-electron chi connectivity index (χ1n) is 7.04. The molecule has 1 N–H and O–H groups in total. The van der Waals surface area contributed by atoms with Crippen molar-refractivity contribution in [2.45, 2.75) is 63.7 Å². The predicted octanol–water partition coefficient (Wildman–Crippen LogP) is 1.24. The van der Waals surface area contributed by atoms with Crippen LogP contribution in [0.5, 0.6) is 0 Å². The van der Waals surface area contributed by atoms with Crippen LogP contribution in [0.25, 0.3) is 0 Å². The van der Waals surface area contributed by atoms with E-state index < -0.39 is 6.04 Å². The molecule has 0 aromatic rings. The quantitative estimate of drug-likeness (QED) is 0.788. The summed E-state index contributed by atoms with van der Waals surface area (Å²) in [4.78, 5) is 28.9. The molecule has 2 rings (SSSR count). The van der Waals surface area contributed by atoms with Gasteiger partial charge in [0.25, 0.3) is 0 Å². The van der Waals surface area contributed by atoms with E-state index in [-0.39, 0.29) is 28.7 Å². The van der Waals surface area contributed by atoms with Crippen molar-refractivity contribution in [2.75, 3.05) is 7.11 Å². The van der Waals surface area contributed by atoms with Gasteiger partial charge in [0.15, 0.2) is 11.6 Å². The average Bonchev–Trinajstić information content (AvgIpc) is 2.58. The molecule has 5 heteroatoms. The highest BCUT2D eigenvalue weighted by Gasteiger charge is 2.47. The maximum Gasteiger partial charge on any atom is 0.180 e. The minimum atomic E-state index is -0.694. The van der Waals surface area contributed by atoms with Crippen LogP contribution in [0.2, 0.25) is 0 Å². The van der Waals surface area contributed by atoms with E-state index in [9.17, 15) is 9.59 Å². The topological polar surface area (TPSA) is 58.6 Å². The van der Waals surface area contributed by atoms with Crippen molar-refractivity contribution in [1.29, 1.82) is 0 Å². The van der Waals surface area contributed by atoms with Gasteiger partial charge in [-0.2, -0.15) is 5.06 Å². The molecule has 0 saturated carbocycles. The van der Waals surface area contributed by atoms with E-state index in [4.69, 9.17) is 4.84 Å². The minimum Gasteiger partial charge on any atom is -0.301 e. The lowest BCUT2D eigenvalue weighted by Gasteiger charge is -2.53. The number of hydrogen-bond donors (Lipinski definition) is 1. The molecule has 1 aliphatic carbocycles. The van der Waals surface area contributed by atoms with Gasteiger partial charge in [0.1, 0.15) is 6.04 Å². The van der Waals surface area contributed by atoms with E-state index in [1.54, 1.807) is 7.11 Å². The highest BCUT2D eigenvalue weighted by atomic mass is 16.7. The molecule has 1 fully saturated rings. The molecule has 1 heterocycles. The van der Waals surface area contributed by atoms with E-state index in [1.807, 2.05) is 5.06 Å². The SMILES string of the molecule is CON1C(C)(C)CC(NC2C(=O)C=CC2=O)CC1(C)C. The highest BCUT2D eigenvalue weighted by Crippen LogP contribution is 2.38. The molecule has 0 unspecified atom stereocenters. The fourth-order valence-electron chi connectivity index (χ4n) is 3.77. The smallest absolute Gasteiger partial charge is 0.180 e. The Morgan fingerprint density at radius 2 is 1.55 bits per heavy atom. The molecule has 0 radical (unpaired) electrons. The molecule has 1 aliphatic heterocycles. The van der Waals surface area contributed by atoms with Gasteiger partial charge in [-0.3, -0.25) is 14.9 Å². The molecule has 0 bridgehead atoms. The molecule has 0 spiro atoms. The number of nitrogens with zero attached hydrogens (tertiary/aromatic N) is 1. The summed E-state index contributed by atoms with van der Waals surface area (Å²) in [7, 11) is 1.69. The third-order valence-corrected chi connectivity index (χ3v) is 4.16. The van der Waals surface area contributed by atoms with E-state index in [0.717, 1.165) is 12.8 Å². The molecule has 112 valence electrons. The molecule has 1 saturated heterocycles. The van der Waals surface area contributed by atoms with Gasteiger partial charge in [0.05, 0.1) is 7.11 Å². The summed E-state index contributed by atoms with van der Waals surface area (Å²) < 4.78 is 0. The first-order valence-corrected chi connectivity index (χ1v) is 7.04. The minimum absolute atomic E-state index is 0.115. The summed E-state index contributed by atoms with van der Waals surface area (Å²) in [5, 5.41) is 5.24. The summed E-state index contributed by atoms with van der Waals surface area (Å²) in [6.07, 6.45) is 4.36. The Hall–Kier alpha value is -1.04. The molecular weight excluding hydrogens is 256 g/mol. The normalized spacial score (nSPS) is 27.4. The Balaban J connectivity index is 2.12. The molecule has 0 amide bonds. The van der Waals surface area contributed by atoms with Gasteiger partial charge < -0.3 is 4.84 Å². The van der Waals surface area contributed by atoms with Gasteiger partial charge >= 0.3 is 0 Å². The van der Waals surface area contributed by atoms with Crippen molar-refractivity contribution in [3.8, 4) is 0 Å². The van der Waals surface area contributed by atoms with E-state index >= 15 is 0 Å². The number of carbonyl (C=O) groups is 2. The van der Waals surface area contributed by atoms with Gasteiger partial charge in [0.2, 0.25) is 0 Å². The number of hydroxylamine groups is 2. The molecule has 0 aromatic carbocycles. The van der Waals surface area contributed by atoms with E-state index in [2.05, 4.69) is 33.0 Å². The summed E-state index contributed by atoms with van der Waals surface area (Å²) in [5.41, 5.74) is -0.321. The molecule has 5 nitrogen and oxygen atoms in total. The van der Waals surface area contributed by atoms with Crippen LogP contribution in [-0.2, 0) is 14.4 Å². The van der Waals surface area contributed by atoms with Crippen LogP contribution in [0.3, 0.4) is 0 Å². The van der Waals surface area contributed by atoms with Crippen molar-refractivity contribution in [3.05, 3.63) is 12.2 Å². The van der Waals surface area contributed by atoms with Crippen LogP contribution < -0.4 is 5.32 Å². The first-order chi connectivity index (χ1) is 9.17. The lowest BCUT2D eigenvalue weighted by Crippen LogP contribution is -2.64. The molecule has 0 atom stereocenters. The van der Waals surface area contributed by atoms with Gasteiger partial charge in [-0.15, -0.1) is 0 Å². The third-order valence-electron chi connectivity index (χ3n) is 4.16. The van der Waals surface area contributed by atoms with Crippen LogP contribution in [-0.4, -0.2) is 46.9 Å². The van der Waals surface area contributed by atoms with Gasteiger partial charge in [0, 0.05) is 17.1 Å². The van der Waals surface area contributed by atoms with Crippen LogP contribution in [0.1, 0.15) is 40.5 Å². The zero-order valence-electron chi connectivity index (χ0n) is 12.9. The van der Waals surface area contributed by atoms with Gasteiger partial charge in [-0.25, -0.2) is 0 Å². The molecular formula is C15H24N2O3. The van der Waals surface area contributed by atoms with Gasteiger partial charge in [-0.1, -0.05) is 0 Å². The summed E-state index contributed by atoms with van der Waals surface area (Å²) in [6, 6.07) is -0.579. The summed E-state index contributed by atoms with van der Waals surface area (Å²) in [5.74, 6) is -0.278. The second kappa shape index (κ2) is 5.06. The number of piperidine rings is 1. The van der Waals surface area contributed by atoms with Crippen molar-refractivity contribution in [1.82, 2.24) is 10.4 Å². The Morgan fingerprint density at radius 1 is 1.10 bits per heavy atom. The highest BCUT2D eigenvalue weighted by molar-refractivity contribution is 6.22. The summed E-state index contributed by atoms with van der Waals surface area (Å²) >= 11 is 0. The second-order valence-corrected chi connectivity index (χ2v) is 6.94. The van der Waals surface area contributed by atoms with Crippen LogP contribution in [0.15, 0.2) is 12.2 Å². The summed E-state index contributed by atoms with van der Waals surface area (Å²) in [6.45, 7) is 8.45. The monoisotopic (exact) mass is 280 g/mol. The predicted molar refractivity (Wildman–Crippen MR) is 76.1 cm³/mol.